The molecule has 1 aliphatic heterocycles. The number of carbonyl (C=O) groups is 1. The van der Waals surface area contributed by atoms with Gasteiger partial charge in [0, 0.05) is 13.1 Å². The van der Waals surface area contributed by atoms with E-state index in [4.69, 9.17) is 0 Å². The molecule has 1 aliphatic rings. The van der Waals surface area contributed by atoms with Crippen LogP contribution in [-0.4, -0.2) is 24.5 Å². The van der Waals surface area contributed by atoms with Crippen LogP contribution in [0.1, 0.15) is 12.5 Å². The fourth-order valence-electron chi connectivity index (χ4n) is 1.94. The minimum absolute atomic E-state index is 0.0950. The number of piperazine rings is 1. The van der Waals surface area contributed by atoms with Gasteiger partial charge < -0.3 is 10.6 Å². The predicted octanol–water partition coefficient (Wildman–Crippen LogP) is 0.707. The predicted molar refractivity (Wildman–Crippen MR) is 59.6 cm³/mol. The molecule has 1 heterocycles. The smallest absolute Gasteiger partial charge is 0.240 e. The lowest BCUT2D eigenvalue weighted by molar-refractivity contribution is -0.128. The van der Waals surface area contributed by atoms with Crippen LogP contribution in [0.3, 0.4) is 0 Å². The Morgan fingerprint density at radius 1 is 1.27 bits per heavy atom. The molecule has 0 radical (unpaired) electrons. The van der Waals surface area contributed by atoms with Gasteiger partial charge in [0.15, 0.2) is 0 Å². The lowest BCUT2D eigenvalue weighted by Crippen LogP contribution is -2.62. The first-order chi connectivity index (χ1) is 7.21. The first-order valence-electron chi connectivity index (χ1n) is 5.28. The molecule has 0 unspecified atom stereocenters. The van der Waals surface area contributed by atoms with Crippen LogP contribution in [0.25, 0.3) is 0 Å². The third kappa shape index (κ3) is 2.18. The van der Waals surface area contributed by atoms with Gasteiger partial charge in [-0.1, -0.05) is 30.3 Å². The van der Waals surface area contributed by atoms with E-state index in [2.05, 4.69) is 22.8 Å². The number of benzene rings is 1. The molecule has 1 amide bonds. The summed E-state index contributed by atoms with van der Waals surface area (Å²) in [6.07, 6.45) is 0.736. The van der Waals surface area contributed by atoms with Crippen LogP contribution in [0.5, 0.6) is 0 Å². The summed E-state index contributed by atoms with van der Waals surface area (Å²) in [5, 5.41) is 6.17. The van der Waals surface area contributed by atoms with Crippen molar-refractivity contribution in [3.63, 3.8) is 0 Å². The molecule has 0 saturated carbocycles. The standard InChI is InChI=1S/C12H16N2O/c1-12(11(15)13-7-8-14-12)9-10-5-3-2-4-6-10/h2-6,14H,7-9H2,1H3,(H,13,15)/t12-/m1/s1. The van der Waals surface area contributed by atoms with Crippen molar-refractivity contribution in [2.45, 2.75) is 18.9 Å². The Bertz CT molecular complexity index is 350. The van der Waals surface area contributed by atoms with Gasteiger partial charge in [-0.3, -0.25) is 4.79 Å². The van der Waals surface area contributed by atoms with Gasteiger partial charge in [-0.25, -0.2) is 0 Å². The van der Waals surface area contributed by atoms with Crippen molar-refractivity contribution in [2.24, 2.45) is 0 Å². The highest BCUT2D eigenvalue weighted by molar-refractivity contribution is 5.86. The molecule has 80 valence electrons. The van der Waals surface area contributed by atoms with E-state index in [0.29, 0.717) is 0 Å². The van der Waals surface area contributed by atoms with Crippen LogP contribution in [0.15, 0.2) is 30.3 Å². The summed E-state index contributed by atoms with van der Waals surface area (Å²) in [6.45, 7) is 3.52. The molecule has 0 spiro atoms. The van der Waals surface area contributed by atoms with E-state index < -0.39 is 5.54 Å². The van der Waals surface area contributed by atoms with Gasteiger partial charge in [0.05, 0.1) is 5.54 Å². The molecule has 3 nitrogen and oxygen atoms in total. The first-order valence-corrected chi connectivity index (χ1v) is 5.28. The zero-order valence-corrected chi connectivity index (χ0v) is 8.92. The molecule has 2 N–H and O–H groups in total. The lowest BCUT2D eigenvalue weighted by Gasteiger charge is -2.34. The van der Waals surface area contributed by atoms with Crippen molar-refractivity contribution < 1.29 is 4.79 Å². The summed E-state index contributed by atoms with van der Waals surface area (Å²) in [4.78, 5) is 11.7. The van der Waals surface area contributed by atoms with Crippen molar-refractivity contribution in [3.8, 4) is 0 Å². The van der Waals surface area contributed by atoms with Crippen molar-refractivity contribution in [2.75, 3.05) is 13.1 Å². The van der Waals surface area contributed by atoms with Crippen molar-refractivity contribution in [3.05, 3.63) is 35.9 Å². The second-order valence-electron chi connectivity index (χ2n) is 4.18. The molecule has 1 aromatic rings. The number of carbonyl (C=O) groups excluding carboxylic acids is 1. The average Bonchev–Trinajstić information content (AvgIpc) is 2.24. The van der Waals surface area contributed by atoms with E-state index in [9.17, 15) is 4.79 Å². The van der Waals surface area contributed by atoms with E-state index in [1.54, 1.807) is 0 Å². The van der Waals surface area contributed by atoms with E-state index in [-0.39, 0.29) is 5.91 Å². The van der Waals surface area contributed by atoms with Crippen LogP contribution in [0, 0.1) is 0 Å². The Balaban J connectivity index is 2.13. The zero-order chi connectivity index (χ0) is 10.7. The minimum atomic E-state index is -0.459. The fraction of sp³-hybridized carbons (Fsp3) is 0.417. The first kappa shape index (κ1) is 10.2. The van der Waals surface area contributed by atoms with Crippen molar-refractivity contribution >= 4 is 5.91 Å². The summed E-state index contributed by atoms with van der Waals surface area (Å²) >= 11 is 0. The quantitative estimate of drug-likeness (QED) is 0.745. The Kier molecular flexibility index (Phi) is 2.73. The maximum Gasteiger partial charge on any atom is 0.240 e. The van der Waals surface area contributed by atoms with E-state index in [1.165, 1.54) is 5.56 Å². The Morgan fingerprint density at radius 2 is 2.00 bits per heavy atom. The minimum Gasteiger partial charge on any atom is -0.353 e. The number of nitrogens with one attached hydrogen (secondary N) is 2. The van der Waals surface area contributed by atoms with Gasteiger partial charge in [-0.05, 0) is 18.9 Å². The van der Waals surface area contributed by atoms with Gasteiger partial charge in [0.2, 0.25) is 5.91 Å². The molecule has 1 fully saturated rings. The number of hydrogen-bond donors (Lipinski definition) is 2. The van der Waals surface area contributed by atoms with Crippen molar-refractivity contribution in [1.82, 2.24) is 10.6 Å². The van der Waals surface area contributed by atoms with Crippen LogP contribution >= 0.6 is 0 Å². The van der Waals surface area contributed by atoms with Gasteiger partial charge in [-0.15, -0.1) is 0 Å². The highest BCUT2D eigenvalue weighted by atomic mass is 16.2. The maximum absolute atomic E-state index is 11.7. The summed E-state index contributed by atoms with van der Waals surface area (Å²) in [5.41, 5.74) is 0.726. The summed E-state index contributed by atoms with van der Waals surface area (Å²) in [7, 11) is 0. The normalized spacial score (nSPS) is 26.1. The molecule has 0 aliphatic carbocycles. The van der Waals surface area contributed by atoms with E-state index in [1.807, 2.05) is 25.1 Å². The van der Waals surface area contributed by atoms with E-state index >= 15 is 0 Å². The molecule has 3 heteroatoms. The van der Waals surface area contributed by atoms with Crippen molar-refractivity contribution in [1.29, 1.82) is 0 Å². The van der Waals surface area contributed by atoms with E-state index in [0.717, 1.165) is 19.5 Å². The number of amides is 1. The number of rotatable bonds is 2. The van der Waals surface area contributed by atoms with Gasteiger partial charge in [0.25, 0.3) is 0 Å². The van der Waals surface area contributed by atoms with Crippen LogP contribution in [0.4, 0.5) is 0 Å². The molecular weight excluding hydrogens is 188 g/mol. The third-order valence-electron chi connectivity index (χ3n) is 2.83. The lowest BCUT2D eigenvalue weighted by atomic mass is 9.90. The molecule has 15 heavy (non-hydrogen) atoms. The Hall–Kier alpha value is -1.35. The molecule has 1 saturated heterocycles. The summed E-state index contributed by atoms with van der Waals surface area (Å²) in [6, 6.07) is 10.1. The van der Waals surface area contributed by atoms with Crippen LogP contribution in [0.2, 0.25) is 0 Å². The SMILES string of the molecule is C[C@]1(Cc2ccccc2)NCCNC1=O. The van der Waals surface area contributed by atoms with Crippen LogP contribution in [-0.2, 0) is 11.2 Å². The Labute approximate surface area is 89.9 Å². The second-order valence-corrected chi connectivity index (χ2v) is 4.18. The zero-order valence-electron chi connectivity index (χ0n) is 8.92. The second kappa shape index (κ2) is 4.03. The average molecular weight is 204 g/mol. The summed E-state index contributed by atoms with van der Waals surface area (Å²) < 4.78 is 0. The van der Waals surface area contributed by atoms with Crippen LogP contribution < -0.4 is 10.6 Å². The molecule has 0 bridgehead atoms. The van der Waals surface area contributed by atoms with Gasteiger partial charge >= 0.3 is 0 Å². The maximum atomic E-state index is 11.7. The Morgan fingerprint density at radius 3 is 2.67 bits per heavy atom. The summed E-state index contributed by atoms with van der Waals surface area (Å²) in [5.74, 6) is 0.0950. The largest absolute Gasteiger partial charge is 0.353 e. The highest BCUT2D eigenvalue weighted by Crippen LogP contribution is 2.14. The highest BCUT2D eigenvalue weighted by Gasteiger charge is 2.34. The molecule has 0 aromatic heterocycles. The molecule has 1 aromatic carbocycles. The molecule has 2 rings (SSSR count). The third-order valence-corrected chi connectivity index (χ3v) is 2.83. The van der Waals surface area contributed by atoms with Gasteiger partial charge in [0.1, 0.15) is 0 Å². The van der Waals surface area contributed by atoms with Gasteiger partial charge in [-0.2, -0.15) is 0 Å². The fourth-order valence-corrected chi connectivity index (χ4v) is 1.94. The topological polar surface area (TPSA) is 41.1 Å². The molecular formula is C12H16N2O. The monoisotopic (exact) mass is 204 g/mol. The molecule has 1 atom stereocenters. The number of hydrogen-bond acceptors (Lipinski definition) is 2.